The Balaban J connectivity index is 0.00000225. The van der Waals surface area contributed by atoms with E-state index in [-0.39, 0.29) is 67.4 Å². The Bertz CT molecular complexity index is 404. The summed E-state index contributed by atoms with van der Waals surface area (Å²) in [5.74, 6) is -2.29. The van der Waals surface area contributed by atoms with E-state index in [1.807, 2.05) is 0 Å². The first-order valence-electron chi connectivity index (χ1n) is 3.83. The maximum absolute atomic E-state index is 12.7. The summed E-state index contributed by atoms with van der Waals surface area (Å²) >= 11 is 2.83. The second kappa shape index (κ2) is 6.65. The Kier molecular flexibility index (Phi) is 6.98. The maximum Gasteiger partial charge on any atom is 1.00 e. The molecule has 0 radical (unpaired) electrons. The van der Waals surface area contributed by atoms with Gasteiger partial charge < -0.3 is 12.9 Å². The monoisotopic (exact) mass is 324 g/mol. The molecule has 0 heterocycles. The van der Waals surface area contributed by atoms with Crippen LogP contribution < -0.4 is 51.4 Å². The summed E-state index contributed by atoms with van der Waals surface area (Å²) in [6.45, 7) is -5.08. The average molecular weight is 325 g/mol. The van der Waals surface area contributed by atoms with Crippen LogP contribution in [0.3, 0.4) is 0 Å². The minimum absolute atomic E-state index is 0. The zero-order valence-corrected chi connectivity index (χ0v) is 12.9. The van der Waals surface area contributed by atoms with E-state index in [4.69, 9.17) is 0 Å². The zero-order chi connectivity index (χ0) is 11.6. The number of halogens is 6. The average Bonchev–Trinajstić information content (AvgIpc) is 2.07. The Labute approximate surface area is 140 Å². The molecule has 1 aromatic carbocycles. The summed E-state index contributed by atoms with van der Waals surface area (Å²) < 4.78 is 60.9. The van der Waals surface area contributed by atoms with Gasteiger partial charge in [-0.05, 0) is 17.7 Å². The van der Waals surface area contributed by atoms with E-state index < -0.39 is 18.6 Å². The first kappa shape index (κ1) is 16.8. The van der Waals surface area contributed by atoms with Gasteiger partial charge in [0.05, 0.1) is 0 Å². The van der Waals surface area contributed by atoms with Gasteiger partial charge >= 0.3 is 58.4 Å². The topological polar surface area (TPSA) is 0 Å². The van der Waals surface area contributed by atoms with Crippen molar-refractivity contribution in [1.29, 1.82) is 0 Å². The van der Waals surface area contributed by atoms with Gasteiger partial charge in [0.1, 0.15) is 0 Å². The minimum Gasteiger partial charge on any atom is -0.445 e. The van der Waals surface area contributed by atoms with Crippen LogP contribution in [0.25, 0.3) is 6.08 Å². The van der Waals surface area contributed by atoms with Crippen molar-refractivity contribution in [3.8, 4) is 0 Å². The van der Waals surface area contributed by atoms with E-state index in [0.717, 1.165) is 6.07 Å². The van der Waals surface area contributed by atoms with Crippen molar-refractivity contribution in [3.05, 3.63) is 39.8 Å². The van der Waals surface area contributed by atoms with Gasteiger partial charge in [0, 0.05) is 4.47 Å². The van der Waals surface area contributed by atoms with Gasteiger partial charge in [0.15, 0.2) is 11.6 Å². The van der Waals surface area contributed by atoms with E-state index in [0.29, 0.717) is 12.1 Å². The molecule has 0 atom stereocenters. The fourth-order valence-electron chi connectivity index (χ4n) is 0.878. The maximum atomic E-state index is 12.7. The molecule has 1 aromatic rings. The molecule has 0 aliphatic rings. The largest absolute Gasteiger partial charge is 1.00 e. The Morgan fingerprint density at radius 2 is 1.56 bits per heavy atom. The molecule has 0 aromatic heterocycles. The van der Waals surface area contributed by atoms with Crippen LogP contribution in [0.15, 0.2) is 22.6 Å². The Morgan fingerprint density at radius 1 is 1.06 bits per heavy atom. The first-order chi connectivity index (χ1) is 6.79. The molecule has 0 saturated heterocycles. The van der Waals surface area contributed by atoms with Crippen LogP contribution in [0, 0.1) is 11.6 Å². The van der Waals surface area contributed by atoms with E-state index in [1.165, 1.54) is 0 Å². The van der Waals surface area contributed by atoms with Crippen LogP contribution in [0.4, 0.5) is 21.7 Å². The molecule has 0 aliphatic carbocycles. The van der Waals surface area contributed by atoms with Gasteiger partial charge in [0.25, 0.3) is 0 Å². The summed E-state index contributed by atoms with van der Waals surface area (Å²) in [6, 6.07) is 1.47. The van der Waals surface area contributed by atoms with Gasteiger partial charge in [-0.15, -0.1) is 5.98 Å². The van der Waals surface area contributed by atoms with Crippen LogP contribution >= 0.6 is 15.9 Å². The van der Waals surface area contributed by atoms with Crippen LogP contribution in [-0.2, 0) is 0 Å². The van der Waals surface area contributed by atoms with Crippen molar-refractivity contribution in [3.63, 3.8) is 0 Å². The Hall–Kier alpha value is 0.791. The van der Waals surface area contributed by atoms with Gasteiger partial charge in [0.2, 0.25) is 0 Å². The fraction of sp³-hybridized carbons (Fsp3) is 0. The summed E-state index contributed by atoms with van der Waals surface area (Å²) in [7, 11) is 0. The Morgan fingerprint density at radius 3 is 2.06 bits per heavy atom. The molecule has 16 heavy (non-hydrogen) atoms. The van der Waals surface area contributed by atoms with Crippen molar-refractivity contribution in [2.24, 2.45) is 0 Å². The third-order valence-corrected chi connectivity index (χ3v) is 2.22. The molecule has 0 saturated carbocycles. The van der Waals surface area contributed by atoms with E-state index >= 15 is 0 Å². The molecule has 8 heteroatoms. The molecule has 0 spiro atoms. The van der Waals surface area contributed by atoms with Crippen molar-refractivity contribution in [2.45, 2.75) is 0 Å². The quantitative estimate of drug-likeness (QED) is 0.435. The molecule has 0 aliphatic heterocycles. The third kappa shape index (κ3) is 5.42. The van der Waals surface area contributed by atoms with Crippen LogP contribution in [-0.4, -0.2) is 6.98 Å². The van der Waals surface area contributed by atoms with Gasteiger partial charge in [-0.3, -0.25) is 0 Å². The van der Waals surface area contributed by atoms with E-state index in [9.17, 15) is 21.7 Å². The SMILES string of the molecule is Fc1cc(Br)c(/C=C/[B-](F)(F)F)cc1F.[K+]. The second-order valence-corrected chi connectivity index (χ2v) is 3.63. The van der Waals surface area contributed by atoms with Crippen LogP contribution in [0.5, 0.6) is 0 Å². The molecule has 0 fully saturated rings. The number of hydrogen-bond donors (Lipinski definition) is 0. The van der Waals surface area contributed by atoms with E-state index in [2.05, 4.69) is 15.9 Å². The minimum atomic E-state index is -5.08. The molecule has 0 N–H and O–H groups in total. The van der Waals surface area contributed by atoms with Gasteiger partial charge in [-0.1, -0.05) is 22.0 Å². The second-order valence-electron chi connectivity index (χ2n) is 2.77. The summed E-state index contributed by atoms with van der Waals surface area (Å²) in [4.78, 5) is 0. The molecular weight excluding hydrogens is 321 g/mol. The predicted molar refractivity (Wildman–Crippen MR) is 52.2 cm³/mol. The van der Waals surface area contributed by atoms with Crippen molar-refractivity contribution >= 4 is 29.0 Å². The van der Waals surface area contributed by atoms with Gasteiger partial charge in [-0.25, -0.2) is 8.78 Å². The normalized spacial score (nSPS) is 11.6. The number of benzene rings is 1. The molecule has 0 amide bonds. The zero-order valence-electron chi connectivity index (χ0n) is 8.15. The van der Waals surface area contributed by atoms with Crippen molar-refractivity contribution < 1.29 is 73.1 Å². The molecule has 82 valence electrons. The van der Waals surface area contributed by atoms with Crippen molar-refractivity contribution in [2.75, 3.05) is 0 Å². The standard InChI is InChI=1S/C8H4BBrF5.K/c10-6-4-8(12)7(11)3-5(6)1-2-9(13,14)15;/h1-4H;/q-1;+1/b2-1+;. The molecular formula is C8H4BBrF5K. The summed E-state index contributed by atoms with van der Waals surface area (Å²) in [6.07, 6.45) is 0.687. The molecule has 1 rings (SSSR count). The molecule has 0 nitrogen and oxygen atoms in total. The van der Waals surface area contributed by atoms with Crippen LogP contribution in [0.2, 0.25) is 0 Å². The third-order valence-electron chi connectivity index (χ3n) is 1.53. The summed E-state index contributed by atoms with van der Waals surface area (Å²) in [5.41, 5.74) is -0.0619. The first-order valence-corrected chi connectivity index (χ1v) is 4.62. The molecule has 0 bridgehead atoms. The predicted octanol–water partition coefficient (Wildman–Crippen LogP) is 1.13. The number of hydrogen-bond acceptors (Lipinski definition) is 0. The molecule has 0 unspecified atom stereocenters. The van der Waals surface area contributed by atoms with E-state index in [1.54, 1.807) is 0 Å². The smallest absolute Gasteiger partial charge is 0.445 e. The fourth-order valence-corrected chi connectivity index (χ4v) is 1.33. The van der Waals surface area contributed by atoms with Crippen molar-refractivity contribution in [1.82, 2.24) is 0 Å². The van der Waals surface area contributed by atoms with Gasteiger partial charge in [-0.2, -0.15) is 0 Å². The number of rotatable bonds is 2. The van der Waals surface area contributed by atoms with Crippen LogP contribution in [0.1, 0.15) is 5.56 Å². The summed E-state index contributed by atoms with van der Waals surface area (Å²) in [5, 5.41) is 0.